The molecule has 0 saturated heterocycles. The molecule has 0 aliphatic heterocycles. The second kappa shape index (κ2) is 9.75. The number of rotatable bonds is 6. The van der Waals surface area contributed by atoms with E-state index in [0.717, 1.165) is 32.6 Å². The topological polar surface area (TPSA) is 126 Å². The summed E-state index contributed by atoms with van der Waals surface area (Å²) in [6.07, 6.45) is 6.30. The lowest BCUT2D eigenvalue weighted by molar-refractivity contribution is -0.139. The minimum Gasteiger partial charge on any atom is -0.363 e. The van der Waals surface area contributed by atoms with E-state index in [1.165, 1.54) is 12.4 Å². The van der Waals surface area contributed by atoms with Gasteiger partial charge >= 0.3 is 0 Å². The molecule has 6 aromatic rings. The van der Waals surface area contributed by atoms with Crippen molar-refractivity contribution in [3.8, 4) is 0 Å². The second-order valence-electron chi connectivity index (χ2n) is 8.21. The fourth-order valence-corrected chi connectivity index (χ4v) is 4.23. The number of nitrogens with zero attached hydrogens (tertiary/aromatic N) is 6. The van der Waals surface area contributed by atoms with Crippen LogP contribution in [0.15, 0.2) is 95.4 Å². The second-order valence-corrected chi connectivity index (χ2v) is 8.21. The molecule has 0 amide bonds. The maximum atomic E-state index is 10.3. The number of aromatic nitrogens is 4. The fraction of sp³-hybridized carbons (Fsp3) is 0.0714. The average Bonchev–Trinajstić information content (AvgIpc) is 2.94. The van der Waals surface area contributed by atoms with E-state index in [-0.39, 0.29) is 0 Å². The zero-order valence-electron chi connectivity index (χ0n) is 19.4. The van der Waals surface area contributed by atoms with E-state index in [1.54, 1.807) is 24.8 Å². The number of aliphatic hydroxyl groups excluding tert-OH is 2. The minimum absolute atomic E-state index is 0.596. The Morgan fingerprint density at radius 1 is 0.595 bits per heavy atom. The first-order valence-electron chi connectivity index (χ1n) is 11.5. The van der Waals surface area contributed by atoms with Crippen LogP contribution in [0.5, 0.6) is 0 Å². The number of aliphatic hydroxyl groups is 2. The van der Waals surface area contributed by atoms with Crippen LogP contribution in [0, 0.1) is 0 Å². The molecule has 2 N–H and O–H groups in total. The largest absolute Gasteiger partial charge is 0.363 e. The molecule has 0 spiro atoms. The first-order valence-corrected chi connectivity index (χ1v) is 11.5. The summed E-state index contributed by atoms with van der Waals surface area (Å²) < 4.78 is 5.25. The number of hydrogen-bond acceptors (Lipinski definition) is 9. The van der Waals surface area contributed by atoms with Crippen molar-refractivity contribution in [2.75, 3.05) is 0 Å². The van der Waals surface area contributed by atoms with Gasteiger partial charge in [-0.15, -0.1) is 0 Å². The lowest BCUT2D eigenvalue weighted by atomic mass is 10.1. The van der Waals surface area contributed by atoms with Gasteiger partial charge in [0.15, 0.2) is 12.6 Å². The molecule has 2 unspecified atom stereocenters. The van der Waals surface area contributed by atoms with Crippen LogP contribution >= 0.6 is 0 Å². The van der Waals surface area contributed by atoms with E-state index in [9.17, 15) is 10.2 Å². The molecule has 6 rings (SSSR count). The SMILES string of the molecule is OC(C=Nc1cc2cccnc2c2ncccc12)OC(O)C=Nc1cc2cccnc2c2ncccc12. The van der Waals surface area contributed by atoms with Crippen LogP contribution in [0.1, 0.15) is 0 Å². The van der Waals surface area contributed by atoms with Gasteiger partial charge in [0.1, 0.15) is 0 Å². The third-order valence-electron chi connectivity index (χ3n) is 5.84. The van der Waals surface area contributed by atoms with E-state index >= 15 is 0 Å². The van der Waals surface area contributed by atoms with Crippen molar-refractivity contribution in [1.82, 2.24) is 19.9 Å². The van der Waals surface area contributed by atoms with Crippen molar-refractivity contribution in [2.24, 2.45) is 9.98 Å². The third kappa shape index (κ3) is 4.50. The van der Waals surface area contributed by atoms with Gasteiger partial charge in [-0.2, -0.15) is 0 Å². The number of benzene rings is 2. The van der Waals surface area contributed by atoms with Gasteiger partial charge in [0.2, 0.25) is 0 Å². The molecule has 37 heavy (non-hydrogen) atoms. The van der Waals surface area contributed by atoms with E-state index < -0.39 is 12.6 Å². The van der Waals surface area contributed by atoms with Crippen LogP contribution in [-0.2, 0) is 4.74 Å². The van der Waals surface area contributed by atoms with Crippen molar-refractivity contribution in [3.63, 3.8) is 0 Å². The molecule has 9 nitrogen and oxygen atoms in total. The van der Waals surface area contributed by atoms with Crippen molar-refractivity contribution in [2.45, 2.75) is 12.6 Å². The number of aliphatic imine (C=N–C) groups is 2. The maximum absolute atomic E-state index is 10.3. The Kier molecular flexibility index (Phi) is 5.99. The molecular weight excluding hydrogens is 468 g/mol. The average molecular weight is 489 g/mol. The van der Waals surface area contributed by atoms with E-state index in [0.29, 0.717) is 22.4 Å². The van der Waals surface area contributed by atoms with Crippen LogP contribution in [0.3, 0.4) is 0 Å². The van der Waals surface area contributed by atoms with Crippen LogP contribution in [0.25, 0.3) is 43.6 Å². The molecule has 2 aromatic carbocycles. The first-order chi connectivity index (χ1) is 18.2. The van der Waals surface area contributed by atoms with Gasteiger partial charge in [0.05, 0.1) is 45.9 Å². The summed E-state index contributed by atoms with van der Waals surface area (Å²) in [6.45, 7) is 0. The predicted octanol–water partition coefficient (Wildman–Crippen LogP) is 4.64. The van der Waals surface area contributed by atoms with Gasteiger partial charge in [0.25, 0.3) is 0 Å². The Morgan fingerprint density at radius 3 is 1.46 bits per heavy atom. The molecule has 0 fully saturated rings. The summed E-state index contributed by atoms with van der Waals surface area (Å²) in [6, 6.07) is 18.6. The molecule has 0 aliphatic carbocycles. The van der Waals surface area contributed by atoms with Crippen molar-refractivity contribution >= 4 is 67.4 Å². The molecular formula is C28H20N6O3. The van der Waals surface area contributed by atoms with Gasteiger partial charge in [-0.1, -0.05) is 12.1 Å². The third-order valence-corrected chi connectivity index (χ3v) is 5.84. The molecule has 0 aliphatic rings. The normalized spacial score (nSPS) is 13.9. The van der Waals surface area contributed by atoms with E-state index in [2.05, 4.69) is 29.9 Å². The monoisotopic (exact) mass is 488 g/mol. The zero-order chi connectivity index (χ0) is 25.2. The Bertz CT molecular complexity index is 1690. The van der Waals surface area contributed by atoms with Crippen LogP contribution in [-0.4, -0.2) is 55.2 Å². The summed E-state index contributed by atoms with van der Waals surface area (Å²) >= 11 is 0. The Hall–Kier alpha value is -4.70. The highest BCUT2D eigenvalue weighted by Crippen LogP contribution is 2.32. The van der Waals surface area contributed by atoms with Crippen molar-refractivity contribution < 1.29 is 14.9 Å². The van der Waals surface area contributed by atoms with Gasteiger partial charge < -0.3 is 14.9 Å². The molecule has 4 aromatic heterocycles. The van der Waals surface area contributed by atoms with E-state index in [1.807, 2.05) is 60.7 Å². The highest BCUT2D eigenvalue weighted by molar-refractivity contribution is 6.09. The molecule has 180 valence electrons. The summed E-state index contributed by atoms with van der Waals surface area (Å²) in [5.41, 5.74) is 4.15. The van der Waals surface area contributed by atoms with E-state index in [4.69, 9.17) is 4.74 Å². The summed E-state index contributed by atoms with van der Waals surface area (Å²) in [5, 5.41) is 24.0. The Labute approximate surface area is 210 Å². The molecule has 2 atom stereocenters. The molecule has 0 radical (unpaired) electrons. The van der Waals surface area contributed by atoms with Gasteiger partial charge in [0, 0.05) is 46.3 Å². The van der Waals surface area contributed by atoms with Gasteiger partial charge in [-0.25, -0.2) is 0 Å². The Balaban J connectivity index is 1.23. The zero-order valence-corrected chi connectivity index (χ0v) is 19.4. The number of fused-ring (bicyclic) bond motifs is 6. The van der Waals surface area contributed by atoms with Crippen molar-refractivity contribution in [3.05, 3.63) is 85.5 Å². The van der Waals surface area contributed by atoms with Crippen LogP contribution in [0.2, 0.25) is 0 Å². The summed E-state index contributed by atoms with van der Waals surface area (Å²) in [4.78, 5) is 26.5. The highest BCUT2D eigenvalue weighted by Gasteiger charge is 2.12. The summed E-state index contributed by atoms with van der Waals surface area (Å²) in [7, 11) is 0. The van der Waals surface area contributed by atoms with Gasteiger partial charge in [-0.3, -0.25) is 29.9 Å². The standard InChI is InChI=1S/C28H20N6O3/c35-23(15-33-21-13-17-5-1-9-29-25(17)27-19(21)7-3-11-31-27)37-24(36)16-34-22-14-18-6-2-10-30-26(18)28-20(22)8-4-12-32-28/h1-16,23-24,35-36H. The highest BCUT2D eigenvalue weighted by atomic mass is 16.7. The molecule has 9 heteroatoms. The molecule has 0 bridgehead atoms. The van der Waals surface area contributed by atoms with Crippen LogP contribution < -0.4 is 0 Å². The lowest BCUT2D eigenvalue weighted by Crippen LogP contribution is -2.23. The van der Waals surface area contributed by atoms with Gasteiger partial charge in [-0.05, 0) is 48.5 Å². The molecule has 4 heterocycles. The van der Waals surface area contributed by atoms with Crippen molar-refractivity contribution in [1.29, 1.82) is 0 Å². The Morgan fingerprint density at radius 2 is 1.00 bits per heavy atom. The molecule has 0 saturated carbocycles. The van der Waals surface area contributed by atoms with Crippen LogP contribution in [0.4, 0.5) is 11.4 Å². The number of hydrogen-bond donors (Lipinski definition) is 2. The smallest absolute Gasteiger partial charge is 0.194 e. The fourth-order valence-electron chi connectivity index (χ4n) is 4.23. The summed E-state index contributed by atoms with van der Waals surface area (Å²) in [5.74, 6) is 0. The predicted molar refractivity (Wildman–Crippen MR) is 143 cm³/mol. The minimum atomic E-state index is -1.48. The first kappa shape index (κ1) is 22.7. The lowest BCUT2D eigenvalue weighted by Gasteiger charge is -2.11. The number of pyridine rings is 4. The maximum Gasteiger partial charge on any atom is 0.194 e. The number of ether oxygens (including phenoxy) is 1. The quantitative estimate of drug-likeness (QED) is 0.199.